The van der Waals surface area contributed by atoms with Gasteiger partial charge in [-0.2, -0.15) is 0 Å². The topological polar surface area (TPSA) is 20.3 Å². The molecule has 0 N–H and O–H groups in total. The Kier molecular flexibility index (Phi) is 5.77. The van der Waals surface area contributed by atoms with Crippen LogP contribution in [0, 0.1) is 5.92 Å². The lowest BCUT2D eigenvalue weighted by Crippen LogP contribution is -2.32. The second-order valence-corrected chi connectivity index (χ2v) is 6.31. The molecule has 0 saturated carbocycles. The van der Waals surface area contributed by atoms with Gasteiger partial charge in [0.1, 0.15) is 0 Å². The van der Waals surface area contributed by atoms with E-state index in [0.717, 1.165) is 37.6 Å². The van der Waals surface area contributed by atoms with Crippen molar-refractivity contribution in [2.75, 3.05) is 18.8 Å². The van der Waals surface area contributed by atoms with Gasteiger partial charge in [0, 0.05) is 30.2 Å². The SMILES string of the molecule is CCC1CCC(=O)N(CCSc2ccccc2)CC1. The molecular weight excluding hydrogens is 254 g/mol. The van der Waals surface area contributed by atoms with Crippen LogP contribution in [0.3, 0.4) is 0 Å². The van der Waals surface area contributed by atoms with Crippen molar-refractivity contribution in [2.45, 2.75) is 37.5 Å². The molecule has 1 atom stereocenters. The van der Waals surface area contributed by atoms with Gasteiger partial charge in [-0.3, -0.25) is 4.79 Å². The normalized spacial score (nSPS) is 20.4. The third-order valence-electron chi connectivity index (χ3n) is 3.88. The number of rotatable bonds is 5. The average molecular weight is 277 g/mol. The summed E-state index contributed by atoms with van der Waals surface area (Å²) in [6, 6.07) is 10.4. The van der Waals surface area contributed by atoms with Gasteiger partial charge in [-0.25, -0.2) is 0 Å². The van der Waals surface area contributed by atoms with Gasteiger partial charge in [-0.1, -0.05) is 31.5 Å². The Balaban J connectivity index is 1.77. The molecule has 2 nitrogen and oxygen atoms in total. The zero-order chi connectivity index (χ0) is 13.5. The maximum absolute atomic E-state index is 12.0. The average Bonchev–Trinajstić information content (AvgIpc) is 2.63. The van der Waals surface area contributed by atoms with E-state index in [4.69, 9.17) is 0 Å². The first-order valence-electron chi connectivity index (χ1n) is 7.25. The van der Waals surface area contributed by atoms with Crippen molar-refractivity contribution in [3.63, 3.8) is 0 Å². The molecule has 1 heterocycles. The van der Waals surface area contributed by atoms with E-state index in [9.17, 15) is 4.79 Å². The highest BCUT2D eigenvalue weighted by molar-refractivity contribution is 7.99. The molecule has 1 unspecified atom stereocenters. The largest absolute Gasteiger partial charge is 0.342 e. The number of carbonyl (C=O) groups is 1. The summed E-state index contributed by atoms with van der Waals surface area (Å²) in [5, 5.41) is 0. The van der Waals surface area contributed by atoms with Crippen LogP contribution in [0.5, 0.6) is 0 Å². The number of carbonyl (C=O) groups excluding carboxylic acids is 1. The molecule has 2 rings (SSSR count). The van der Waals surface area contributed by atoms with Crippen molar-refractivity contribution in [3.8, 4) is 0 Å². The fourth-order valence-corrected chi connectivity index (χ4v) is 3.43. The minimum atomic E-state index is 0.351. The van der Waals surface area contributed by atoms with Crippen LogP contribution in [0.1, 0.15) is 32.6 Å². The van der Waals surface area contributed by atoms with Gasteiger partial charge in [0.05, 0.1) is 0 Å². The number of hydrogen-bond donors (Lipinski definition) is 0. The van der Waals surface area contributed by atoms with E-state index in [1.165, 1.54) is 17.7 Å². The number of amides is 1. The van der Waals surface area contributed by atoms with Gasteiger partial charge in [0.2, 0.25) is 5.91 Å². The van der Waals surface area contributed by atoms with Crippen LogP contribution in [0.25, 0.3) is 0 Å². The molecule has 1 aromatic carbocycles. The van der Waals surface area contributed by atoms with Crippen molar-refractivity contribution < 1.29 is 4.79 Å². The fourth-order valence-electron chi connectivity index (χ4n) is 2.53. The van der Waals surface area contributed by atoms with Crippen molar-refractivity contribution in [1.82, 2.24) is 4.90 Å². The number of benzene rings is 1. The van der Waals surface area contributed by atoms with Crippen molar-refractivity contribution in [1.29, 1.82) is 0 Å². The second-order valence-electron chi connectivity index (χ2n) is 5.14. The van der Waals surface area contributed by atoms with Gasteiger partial charge < -0.3 is 4.90 Å². The summed E-state index contributed by atoms with van der Waals surface area (Å²) < 4.78 is 0. The summed E-state index contributed by atoms with van der Waals surface area (Å²) in [6.07, 6.45) is 4.21. The molecular formula is C16H23NOS. The van der Waals surface area contributed by atoms with Crippen LogP contribution in [-0.4, -0.2) is 29.6 Å². The van der Waals surface area contributed by atoms with Crippen LogP contribution < -0.4 is 0 Å². The summed E-state index contributed by atoms with van der Waals surface area (Å²) in [7, 11) is 0. The second kappa shape index (κ2) is 7.59. The highest BCUT2D eigenvalue weighted by Gasteiger charge is 2.20. The van der Waals surface area contributed by atoms with E-state index < -0.39 is 0 Å². The van der Waals surface area contributed by atoms with Crippen molar-refractivity contribution >= 4 is 17.7 Å². The van der Waals surface area contributed by atoms with Gasteiger partial charge in [-0.15, -0.1) is 11.8 Å². The predicted molar refractivity (Wildman–Crippen MR) is 81.4 cm³/mol. The molecule has 0 bridgehead atoms. The minimum absolute atomic E-state index is 0.351. The highest BCUT2D eigenvalue weighted by atomic mass is 32.2. The lowest BCUT2D eigenvalue weighted by molar-refractivity contribution is -0.130. The minimum Gasteiger partial charge on any atom is -0.342 e. The van der Waals surface area contributed by atoms with Crippen LogP contribution >= 0.6 is 11.8 Å². The highest BCUT2D eigenvalue weighted by Crippen LogP contribution is 2.22. The fraction of sp³-hybridized carbons (Fsp3) is 0.562. The number of hydrogen-bond acceptors (Lipinski definition) is 2. The van der Waals surface area contributed by atoms with Crippen molar-refractivity contribution in [2.24, 2.45) is 5.92 Å². The maximum atomic E-state index is 12.0. The summed E-state index contributed by atoms with van der Waals surface area (Å²) in [5.41, 5.74) is 0. The molecule has 1 saturated heterocycles. The molecule has 0 spiro atoms. The first-order valence-corrected chi connectivity index (χ1v) is 8.23. The molecule has 1 aliphatic heterocycles. The molecule has 104 valence electrons. The Bertz CT molecular complexity index is 393. The zero-order valence-corrected chi connectivity index (χ0v) is 12.5. The number of nitrogens with zero attached hydrogens (tertiary/aromatic N) is 1. The third-order valence-corrected chi connectivity index (χ3v) is 4.87. The lowest BCUT2D eigenvalue weighted by atomic mass is 9.98. The van der Waals surface area contributed by atoms with E-state index in [2.05, 4.69) is 36.1 Å². The summed E-state index contributed by atoms with van der Waals surface area (Å²) >= 11 is 1.84. The smallest absolute Gasteiger partial charge is 0.222 e. The zero-order valence-electron chi connectivity index (χ0n) is 11.7. The molecule has 1 aliphatic rings. The van der Waals surface area contributed by atoms with Gasteiger partial charge >= 0.3 is 0 Å². The quantitative estimate of drug-likeness (QED) is 0.763. The van der Waals surface area contributed by atoms with Crippen LogP contribution in [-0.2, 0) is 4.79 Å². The van der Waals surface area contributed by atoms with Crippen LogP contribution in [0.2, 0.25) is 0 Å². The molecule has 1 amide bonds. The monoisotopic (exact) mass is 277 g/mol. The Morgan fingerprint density at radius 3 is 2.79 bits per heavy atom. The first kappa shape index (κ1) is 14.4. The molecule has 0 radical (unpaired) electrons. The molecule has 1 aromatic rings. The van der Waals surface area contributed by atoms with E-state index >= 15 is 0 Å². The van der Waals surface area contributed by atoms with Crippen molar-refractivity contribution in [3.05, 3.63) is 30.3 Å². The Morgan fingerprint density at radius 2 is 2.05 bits per heavy atom. The van der Waals surface area contributed by atoms with E-state index in [1.54, 1.807) is 0 Å². The molecule has 0 aromatic heterocycles. The number of thioether (sulfide) groups is 1. The molecule has 3 heteroatoms. The maximum Gasteiger partial charge on any atom is 0.222 e. The molecule has 0 aliphatic carbocycles. The first-order chi connectivity index (χ1) is 9.29. The van der Waals surface area contributed by atoms with Crippen LogP contribution in [0.15, 0.2) is 35.2 Å². The van der Waals surface area contributed by atoms with E-state index in [0.29, 0.717) is 5.91 Å². The van der Waals surface area contributed by atoms with Gasteiger partial charge in [0.15, 0.2) is 0 Å². The number of likely N-dealkylation sites (tertiary alicyclic amines) is 1. The summed E-state index contributed by atoms with van der Waals surface area (Å²) in [5.74, 6) is 2.09. The van der Waals surface area contributed by atoms with Gasteiger partial charge in [-0.05, 0) is 30.9 Å². The van der Waals surface area contributed by atoms with Gasteiger partial charge in [0.25, 0.3) is 0 Å². The Morgan fingerprint density at radius 1 is 1.26 bits per heavy atom. The Hall–Kier alpha value is -0.960. The van der Waals surface area contributed by atoms with E-state index in [-0.39, 0.29) is 0 Å². The Labute approximate surface area is 120 Å². The standard InChI is InChI=1S/C16H23NOS/c1-2-14-8-9-16(18)17(11-10-14)12-13-19-15-6-4-3-5-7-15/h3-7,14H,2,8-13H2,1H3. The summed E-state index contributed by atoms with van der Waals surface area (Å²) in [4.78, 5) is 15.4. The van der Waals surface area contributed by atoms with E-state index in [1.807, 2.05) is 17.8 Å². The molecule has 1 fully saturated rings. The third kappa shape index (κ3) is 4.57. The predicted octanol–water partition coefficient (Wildman–Crippen LogP) is 3.82. The molecule has 19 heavy (non-hydrogen) atoms. The van der Waals surface area contributed by atoms with Crippen LogP contribution in [0.4, 0.5) is 0 Å². The summed E-state index contributed by atoms with van der Waals surface area (Å²) in [6.45, 7) is 4.07. The lowest BCUT2D eigenvalue weighted by Gasteiger charge is -2.20.